The number of aryl methyl sites for hydroxylation is 2. The SMILES string of the molecule is Cc1cc(N2C[C@H]3CC[C@@H](C2)C3Nc2nc3n(n2)CCC[C@H]3Oc2cc(Cl)cc(Cl)c2)ncn1. The molecule has 4 heterocycles. The van der Waals surface area contributed by atoms with Crippen molar-refractivity contribution in [2.75, 3.05) is 23.3 Å². The van der Waals surface area contributed by atoms with Crippen LogP contribution in [0.1, 0.15) is 43.3 Å². The summed E-state index contributed by atoms with van der Waals surface area (Å²) in [6.07, 6.45) is 5.76. The van der Waals surface area contributed by atoms with Crippen LogP contribution in [0.3, 0.4) is 0 Å². The van der Waals surface area contributed by atoms with Crippen molar-refractivity contribution in [3.05, 3.63) is 52.2 Å². The Kier molecular flexibility index (Phi) is 5.73. The lowest BCUT2D eigenvalue weighted by Gasteiger charge is -2.38. The van der Waals surface area contributed by atoms with Crippen LogP contribution in [0, 0.1) is 18.8 Å². The van der Waals surface area contributed by atoms with Gasteiger partial charge in [0, 0.05) is 47.5 Å². The van der Waals surface area contributed by atoms with Crippen LogP contribution >= 0.6 is 23.2 Å². The molecule has 6 rings (SSSR count). The highest BCUT2D eigenvalue weighted by atomic mass is 35.5. The molecule has 34 heavy (non-hydrogen) atoms. The molecule has 3 aliphatic rings. The smallest absolute Gasteiger partial charge is 0.242 e. The van der Waals surface area contributed by atoms with E-state index in [1.165, 1.54) is 12.8 Å². The molecule has 1 saturated heterocycles. The summed E-state index contributed by atoms with van der Waals surface area (Å²) in [5, 5.41) is 9.58. The van der Waals surface area contributed by atoms with Crippen molar-refractivity contribution in [3.8, 4) is 5.75 Å². The maximum Gasteiger partial charge on any atom is 0.242 e. The van der Waals surface area contributed by atoms with E-state index in [2.05, 4.69) is 26.3 Å². The molecule has 1 N–H and O–H groups in total. The number of ether oxygens (including phenoxy) is 1. The van der Waals surface area contributed by atoms with Crippen molar-refractivity contribution in [2.45, 2.75) is 51.3 Å². The summed E-state index contributed by atoms with van der Waals surface area (Å²) in [6.45, 7) is 4.83. The van der Waals surface area contributed by atoms with Crippen LogP contribution in [0.25, 0.3) is 0 Å². The first kappa shape index (κ1) is 21.9. The normalized spacial score (nSPS) is 25.8. The second-order valence-corrected chi connectivity index (χ2v) is 10.4. The number of nitrogens with one attached hydrogen (secondary N) is 1. The number of piperidine rings is 1. The summed E-state index contributed by atoms with van der Waals surface area (Å²) in [4.78, 5) is 16.0. The molecule has 0 amide bonds. The van der Waals surface area contributed by atoms with Gasteiger partial charge < -0.3 is 15.0 Å². The standard InChI is InChI=1S/C24H27Cl2N7O/c1-14-7-21(28-13-27-14)32-11-15-4-5-16(12-32)22(15)29-24-30-23-20(3-2-6-33(23)31-24)34-19-9-17(25)8-18(26)10-19/h7-10,13,15-16,20,22H,2-6,11-12H2,1H3,(H,29,31)/t15-,16+,20-,22?/m1/s1. The fraction of sp³-hybridized carbons (Fsp3) is 0.500. The van der Waals surface area contributed by atoms with Gasteiger partial charge in [0.15, 0.2) is 11.9 Å². The van der Waals surface area contributed by atoms with E-state index in [1.54, 1.807) is 24.5 Å². The summed E-state index contributed by atoms with van der Waals surface area (Å²) >= 11 is 12.3. The number of fused-ring (bicyclic) bond motifs is 3. The number of rotatable bonds is 5. The van der Waals surface area contributed by atoms with E-state index in [0.717, 1.165) is 49.8 Å². The summed E-state index contributed by atoms with van der Waals surface area (Å²) < 4.78 is 8.21. The van der Waals surface area contributed by atoms with E-state index in [0.29, 0.717) is 39.6 Å². The Morgan fingerprint density at radius 3 is 2.50 bits per heavy atom. The van der Waals surface area contributed by atoms with E-state index >= 15 is 0 Å². The van der Waals surface area contributed by atoms with E-state index in [4.69, 9.17) is 38.0 Å². The molecule has 10 heteroatoms. The van der Waals surface area contributed by atoms with E-state index in [-0.39, 0.29) is 6.10 Å². The second-order valence-electron chi connectivity index (χ2n) is 9.56. The van der Waals surface area contributed by atoms with Gasteiger partial charge in [-0.1, -0.05) is 23.2 Å². The molecule has 1 aliphatic carbocycles. The quantitative estimate of drug-likeness (QED) is 0.533. The van der Waals surface area contributed by atoms with Crippen molar-refractivity contribution in [2.24, 2.45) is 11.8 Å². The summed E-state index contributed by atoms with van der Waals surface area (Å²) in [5.41, 5.74) is 1.00. The topological polar surface area (TPSA) is 81.0 Å². The maximum absolute atomic E-state index is 6.24. The molecule has 3 aromatic rings. The van der Waals surface area contributed by atoms with Crippen LogP contribution in [-0.4, -0.2) is 43.9 Å². The molecular weight excluding hydrogens is 473 g/mol. The number of aromatic nitrogens is 5. The third kappa shape index (κ3) is 4.29. The molecule has 2 bridgehead atoms. The second kappa shape index (κ2) is 8.89. The van der Waals surface area contributed by atoms with Gasteiger partial charge in [-0.2, -0.15) is 4.98 Å². The van der Waals surface area contributed by atoms with Crippen molar-refractivity contribution in [3.63, 3.8) is 0 Å². The Hall–Kier alpha value is -2.58. The lowest BCUT2D eigenvalue weighted by molar-refractivity contribution is 0.155. The van der Waals surface area contributed by atoms with Gasteiger partial charge in [-0.3, -0.25) is 0 Å². The van der Waals surface area contributed by atoms with Crippen molar-refractivity contribution >= 4 is 35.0 Å². The number of hydrogen-bond acceptors (Lipinski definition) is 7. The predicted octanol–water partition coefficient (Wildman–Crippen LogP) is 4.92. The number of anilines is 2. The summed E-state index contributed by atoms with van der Waals surface area (Å²) in [7, 11) is 0. The van der Waals surface area contributed by atoms with Crippen molar-refractivity contribution in [1.29, 1.82) is 0 Å². The fourth-order valence-corrected chi connectivity index (χ4v) is 6.16. The first-order chi connectivity index (χ1) is 16.5. The van der Waals surface area contributed by atoms with E-state index in [1.807, 2.05) is 11.6 Å². The first-order valence-electron chi connectivity index (χ1n) is 11.9. The lowest BCUT2D eigenvalue weighted by Crippen LogP contribution is -2.48. The molecule has 178 valence electrons. The molecule has 2 aromatic heterocycles. The molecule has 1 saturated carbocycles. The zero-order valence-electron chi connectivity index (χ0n) is 19.0. The van der Waals surface area contributed by atoms with Gasteiger partial charge in [-0.25, -0.2) is 14.6 Å². The molecule has 8 nitrogen and oxygen atoms in total. The van der Waals surface area contributed by atoms with Gasteiger partial charge in [-0.15, -0.1) is 5.10 Å². The maximum atomic E-state index is 6.24. The molecule has 2 fully saturated rings. The molecule has 4 atom stereocenters. The Balaban J connectivity index is 1.17. The Bertz CT molecular complexity index is 1170. The number of benzene rings is 1. The number of hydrogen-bond donors (Lipinski definition) is 1. The van der Waals surface area contributed by atoms with E-state index in [9.17, 15) is 0 Å². The highest BCUT2D eigenvalue weighted by Gasteiger charge is 2.43. The van der Waals surface area contributed by atoms with Crippen LogP contribution in [0.15, 0.2) is 30.6 Å². The molecule has 0 radical (unpaired) electrons. The molecular formula is C24H27Cl2N7O. The Morgan fingerprint density at radius 1 is 1.00 bits per heavy atom. The number of halogens is 2. The lowest BCUT2D eigenvalue weighted by atomic mass is 9.92. The third-order valence-corrected chi connectivity index (χ3v) is 7.62. The summed E-state index contributed by atoms with van der Waals surface area (Å²) in [6, 6.07) is 7.71. The fourth-order valence-electron chi connectivity index (χ4n) is 5.65. The molecule has 0 spiro atoms. The number of nitrogens with zero attached hydrogens (tertiary/aromatic N) is 6. The average molecular weight is 500 g/mol. The summed E-state index contributed by atoms with van der Waals surface area (Å²) in [5.74, 6) is 4.30. The van der Waals surface area contributed by atoms with Gasteiger partial charge in [-0.05, 0) is 62.6 Å². The minimum Gasteiger partial charge on any atom is -0.482 e. The largest absolute Gasteiger partial charge is 0.482 e. The van der Waals surface area contributed by atoms with Gasteiger partial charge in [0.2, 0.25) is 5.95 Å². The first-order valence-corrected chi connectivity index (χ1v) is 12.6. The van der Waals surface area contributed by atoms with Gasteiger partial charge >= 0.3 is 0 Å². The highest BCUT2D eigenvalue weighted by Crippen LogP contribution is 2.40. The van der Waals surface area contributed by atoms with Crippen molar-refractivity contribution < 1.29 is 4.74 Å². The third-order valence-electron chi connectivity index (χ3n) is 7.18. The molecule has 2 aliphatic heterocycles. The van der Waals surface area contributed by atoms with Crippen LogP contribution in [0.4, 0.5) is 11.8 Å². The van der Waals surface area contributed by atoms with Gasteiger partial charge in [0.25, 0.3) is 0 Å². The Labute approximate surface area is 208 Å². The minimum atomic E-state index is -0.175. The van der Waals surface area contributed by atoms with Crippen LogP contribution in [0.2, 0.25) is 10.0 Å². The van der Waals surface area contributed by atoms with Crippen LogP contribution < -0.4 is 15.0 Å². The molecule has 1 aromatic carbocycles. The van der Waals surface area contributed by atoms with E-state index < -0.39 is 0 Å². The highest BCUT2D eigenvalue weighted by molar-refractivity contribution is 6.34. The predicted molar refractivity (Wildman–Crippen MR) is 132 cm³/mol. The molecule has 1 unspecified atom stereocenters. The van der Waals surface area contributed by atoms with Gasteiger partial charge in [0.1, 0.15) is 17.9 Å². The Morgan fingerprint density at radius 2 is 1.76 bits per heavy atom. The van der Waals surface area contributed by atoms with Gasteiger partial charge in [0.05, 0.1) is 0 Å². The monoisotopic (exact) mass is 499 g/mol. The van der Waals surface area contributed by atoms with Crippen LogP contribution in [0.5, 0.6) is 5.75 Å². The van der Waals surface area contributed by atoms with Crippen molar-refractivity contribution in [1.82, 2.24) is 24.7 Å². The minimum absolute atomic E-state index is 0.175. The van der Waals surface area contributed by atoms with Crippen LogP contribution in [-0.2, 0) is 6.54 Å². The zero-order valence-corrected chi connectivity index (χ0v) is 20.5. The average Bonchev–Trinajstić information content (AvgIpc) is 3.30. The zero-order chi connectivity index (χ0) is 23.2.